The molecule has 0 radical (unpaired) electrons. The summed E-state index contributed by atoms with van der Waals surface area (Å²) in [5.41, 5.74) is 0.247. The number of hydrogen-bond acceptors (Lipinski definition) is 5. The van der Waals surface area contributed by atoms with Gasteiger partial charge in [-0.25, -0.2) is 4.79 Å². The molecule has 3 rings (SSSR count). The maximum atomic E-state index is 13.7. The Hall–Kier alpha value is -2.33. The molecule has 1 aromatic heterocycles. The van der Waals surface area contributed by atoms with Gasteiger partial charge in [0.05, 0.1) is 17.7 Å². The Kier molecular flexibility index (Phi) is 8.23. The summed E-state index contributed by atoms with van der Waals surface area (Å²) in [5.74, 6) is 6.14. The minimum absolute atomic E-state index is 0.0578. The number of likely N-dealkylation sites (tertiary alicyclic amines) is 1. The van der Waals surface area contributed by atoms with Crippen molar-refractivity contribution in [1.82, 2.24) is 4.90 Å². The predicted molar refractivity (Wildman–Crippen MR) is 131 cm³/mol. The summed E-state index contributed by atoms with van der Waals surface area (Å²) in [6, 6.07) is 1.77. The number of rotatable bonds is 5. The minimum atomic E-state index is -0.512. The van der Waals surface area contributed by atoms with E-state index < -0.39 is 5.97 Å². The molecule has 6 nitrogen and oxygen atoms in total. The number of ether oxygens (including phenoxy) is 1. The number of thiophene rings is 1. The fourth-order valence-electron chi connectivity index (χ4n) is 4.34. The first-order chi connectivity index (χ1) is 15.6. The number of carbonyl (C=O) groups is 3. The first kappa shape index (κ1) is 25.3. The van der Waals surface area contributed by atoms with E-state index in [-0.39, 0.29) is 29.7 Å². The zero-order valence-electron chi connectivity index (χ0n) is 20.5. The summed E-state index contributed by atoms with van der Waals surface area (Å²) < 4.78 is 5.02. The lowest BCUT2D eigenvalue weighted by Crippen LogP contribution is -2.45. The summed E-state index contributed by atoms with van der Waals surface area (Å²) >= 11 is 1.22. The SMILES string of the molecule is COC(=O)c1sc(C#CC(C)(C)C)cc1N(CC(=O)N1CCCC1)C(=O)[C@H]1CC[C@H](C)CC1. The Morgan fingerprint density at radius 3 is 2.36 bits per heavy atom. The fraction of sp³-hybridized carbons (Fsp3) is 0.654. The second-order valence-electron chi connectivity index (χ2n) is 10.3. The van der Waals surface area contributed by atoms with E-state index >= 15 is 0 Å². The van der Waals surface area contributed by atoms with Gasteiger partial charge >= 0.3 is 5.97 Å². The zero-order valence-corrected chi connectivity index (χ0v) is 21.3. The van der Waals surface area contributed by atoms with Crippen LogP contribution in [0.15, 0.2) is 6.07 Å². The molecule has 0 N–H and O–H groups in total. The Labute approximate surface area is 201 Å². The van der Waals surface area contributed by atoms with Crippen molar-refractivity contribution in [1.29, 1.82) is 0 Å². The van der Waals surface area contributed by atoms with Crippen LogP contribution in [0.1, 0.15) is 80.8 Å². The van der Waals surface area contributed by atoms with Crippen molar-refractivity contribution in [3.05, 3.63) is 15.8 Å². The standard InChI is InChI=1S/C26H36N2O4S/c1-18-8-10-19(11-9-18)24(30)28(17-22(29)27-14-6-7-15-27)21-16-20(12-13-26(2,3)4)33-23(21)25(31)32-5/h16,18-19H,6-11,14-15,17H2,1-5H3/t18-,19-. The summed E-state index contributed by atoms with van der Waals surface area (Å²) in [7, 11) is 1.33. The normalized spacial score (nSPS) is 20.7. The van der Waals surface area contributed by atoms with Crippen molar-refractivity contribution in [2.45, 2.75) is 66.2 Å². The molecular formula is C26H36N2O4S. The molecule has 0 unspecified atom stereocenters. The maximum Gasteiger partial charge on any atom is 0.350 e. The maximum absolute atomic E-state index is 13.7. The van der Waals surface area contributed by atoms with Gasteiger partial charge in [0.2, 0.25) is 11.8 Å². The lowest BCUT2D eigenvalue weighted by Gasteiger charge is -2.31. The van der Waals surface area contributed by atoms with Gasteiger partial charge in [0.1, 0.15) is 11.4 Å². The molecule has 1 aromatic rings. The lowest BCUT2D eigenvalue weighted by atomic mass is 9.82. The van der Waals surface area contributed by atoms with Crippen LogP contribution in [0.2, 0.25) is 0 Å². The molecular weight excluding hydrogens is 436 g/mol. The van der Waals surface area contributed by atoms with Gasteiger partial charge in [-0.15, -0.1) is 11.3 Å². The van der Waals surface area contributed by atoms with Gasteiger partial charge in [-0.2, -0.15) is 0 Å². The zero-order chi connectivity index (χ0) is 24.2. The summed E-state index contributed by atoms with van der Waals surface area (Å²) in [5, 5.41) is 0. The minimum Gasteiger partial charge on any atom is -0.465 e. The highest BCUT2D eigenvalue weighted by atomic mass is 32.1. The molecule has 1 saturated carbocycles. The van der Waals surface area contributed by atoms with Gasteiger partial charge in [-0.3, -0.25) is 9.59 Å². The molecule has 0 bridgehead atoms. The largest absolute Gasteiger partial charge is 0.465 e. The molecule has 0 atom stereocenters. The van der Waals surface area contributed by atoms with Gasteiger partial charge < -0.3 is 14.5 Å². The Morgan fingerprint density at radius 1 is 1.15 bits per heavy atom. The molecule has 0 aromatic carbocycles. The number of nitrogens with zero attached hydrogens (tertiary/aromatic N) is 2. The van der Waals surface area contributed by atoms with Crippen LogP contribution >= 0.6 is 11.3 Å². The number of esters is 1. The van der Waals surface area contributed by atoms with Gasteiger partial charge in [0, 0.05) is 24.4 Å². The van der Waals surface area contributed by atoms with E-state index in [2.05, 4.69) is 18.8 Å². The van der Waals surface area contributed by atoms with Crippen LogP contribution in [0.4, 0.5) is 5.69 Å². The number of anilines is 1. The Bertz CT molecular complexity index is 936. The average molecular weight is 473 g/mol. The highest BCUT2D eigenvalue weighted by Crippen LogP contribution is 2.35. The molecule has 1 aliphatic heterocycles. The summed E-state index contributed by atoms with van der Waals surface area (Å²) in [6.45, 7) is 9.65. The molecule has 0 spiro atoms. The van der Waals surface area contributed by atoms with Crippen molar-refractivity contribution in [2.24, 2.45) is 17.3 Å². The number of hydrogen-bond donors (Lipinski definition) is 0. The molecule has 1 aliphatic carbocycles. The van der Waals surface area contributed by atoms with E-state index in [4.69, 9.17) is 4.74 Å². The van der Waals surface area contributed by atoms with Crippen molar-refractivity contribution < 1.29 is 19.1 Å². The van der Waals surface area contributed by atoms with Crippen LogP contribution in [0.3, 0.4) is 0 Å². The van der Waals surface area contributed by atoms with Gasteiger partial charge in [0.25, 0.3) is 0 Å². The first-order valence-corrected chi connectivity index (χ1v) is 12.7. The van der Waals surface area contributed by atoms with Crippen molar-refractivity contribution in [2.75, 3.05) is 31.6 Å². The third kappa shape index (κ3) is 6.60. The quantitative estimate of drug-likeness (QED) is 0.460. The highest BCUT2D eigenvalue weighted by Gasteiger charge is 2.34. The second kappa shape index (κ2) is 10.7. The van der Waals surface area contributed by atoms with Crippen molar-refractivity contribution >= 4 is 34.8 Å². The molecule has 2 amide bonds. The van der Waals surface area contributed by atoms with Crippen LogP contribution in [0.25, 0.3) is 0 Å². The van der Waals surface area contributed by atoms with Crippen molar-refractivity contribution in [3.63, 3.8) is 0 Å². The van der Waals surface area contributed by atoms with Crippen molar-refractivity contribution in [3.8, 4) is 11.8 Å². The van der Waals surface area contributed by atoms with Gasteiger partial charge in [0.15, 0.2) is 0 Å². The lowest BCUT2D eigenvalue weighted by molar-refractivity contribution is -0.131. The third-order valence-corrected chi connectivity index (χ3v) is 7.34. The topological polar surface area (TPSA) is 66.9 Å². The first-order valence-electron chi connectivity index (χ1n) is 11.9. The van der Waals surface area contributed by atoms with Crippen LogP contribution in [0.5, 0.6) is 0 Å². The molecule has 33 heavy (non-hydrogen) atoms. The molecule has 1 saturated heterocycles. The van der Waals surface area contributed by atoms with Crippen LogP contribution in [-0.2, 0) is 14.3 Å². The molecule has 2 heterocycles. The molecule has 2 fully saturated rings. The van der Waals surface area contributed by atoms with Crippen LogP contribution in [-0.4, -0.2) is 49.4 Å². The molecule has 180 valence electrons. The van der Waals surface area contributed by atoms with Crippen LogP contribution < -0.4 is 4.90 Å². The van der Waals surface area contributed by atoms with E-state index in [9.17, 15) is 14.4 Å². The fourth-order valence-corrected chi connectivity index (χ4v) is 5.28. The Balaban J connectivity index is 1.99. The van der Waals surface area contributed by atoms with Gasteiger partial charge in [-0.05, 0) is 71.3 Å². The predicted octanol–water partition coefficient (Wildman–Crippen LogP) is 4.71. The smallest absolute Gasteiger partial charge is 0.350 e. The van der Waals surface area contributed by atoms with E-state index in [1.807, 2.05) is 25.7 Å². The molecule has 2 aliphatic rings. The number of amides is 2. The summed E-state index contributed by atoms with van der Waals surface area (Å²) in [6.07, 6.45) is 5.59. The van der Waals surface area contributed by atoms with E-state index in [0.717, 1.165) is 51.6 Å². The van der Waals surface area contributed by atoms with E-state index in [1.54, 1.807) is 6.07 Å². The highest BCUT2D eigenvalue weighted by molar-refractivity contribution is 7.15. The monoisotopic (exact) mass is 472 g/mol. The third-order valence-electron chi connectivity index (χ3n) is 6.32. The number of carbonyl (C=O) groups excluding carboxylic acids is 3. The Morgan fingerprint density at radius 2 is 1.79 bits per heavy atom. The summed E-state index contributed by atoms with van der Waals surface area (Å²) in [4.78, 5) is 43.8. The van der Waals surface area contributed by atoms with E-state index in [1.165, 1.54) is 23.3 Å². The molecule has 7 heteroatoms. The van der Waals surface area contributed by atoms with Gasteiger partial charge in [-0.1, -0.05) is 18.8 Å². The second-order valence-corrected chi connectivity index (χ2v) is 11.3. The van der Waals surface area contributed by atoms with E-state index in [0.29, 0.717) is 21.4 Å². The average Bonchev–Trinajstić information content (AvgIpc) is 3.45. The van der Waals surface area contributed by atoms with Crippen LogP contribution in [0, 0.1) is 29.1 Å². The number of methoxy groups -OCH3 is 1.